The fraction of sp³-hybridized carbons (Fsp3) is 0.125. The summed E-state index contributed by atoms with van der Waals surface area (Å²) in [5.74, 6) is 0.751. The second-order valence-electron chi connectivity index (χ2n) is 2.54. The van der Waals surface area contributed by atoms with E-state index in [2.05, 4.69) is 9.97 Å². The van der Waals surface area contributed by atoms with Crippen LogP contribution in [-0.2, 0) is 6.61 Å². The van der Waals surface area contributed by atoms with Crippen LogP contribution in [0.15, 0.2) is 17.6 Å². The van der Waals surface area contributed by atoms with Crippen LogP contribution in [0.3, 0.4) is 0 Å². The highest BCUT2D eigenvalue weighted by atomic mass is 35.5. The Morgan fingerprint density at radius 1 is 1.62 bits per heavy atom. The third-order valence-electron chi connectivity index (χ3n) is 1.60. The molecular formula is C8H7ClN2OS. The molecule has 0 fully saturated rings. The van der Waals surface area contributed by atoms with Gasteiger partial charge in [-0.25, -0.2) is 4.98 Å². The minimum Gasteiger partial charge on any atom is -0.390 e. The van der Waals surface area contributed by atoms with Crippen LogP contribution < -0.4 is 0 Å². The van der Waals surface area contributed by atoms with Crippen molar-refractivity contribution in [3.63, 3.8) is 0 Å². The van der Waals surface area contributed by atoms with E-state index in [0.717, 1.165) is 10.7 Å². The molecule has 0 saturated heterocycles. The SMILES string of the molecule is OCc1cnc(-c2cc(Cl)cs2)[nH]1. The summed E-state index contributed by atoms with van der Waals surface area (Å²) in [6.07, 6.45) is 1.61. The van der Waals surface area contributed by atoms with Crippen LogP contribution in [0, 0.1) is 0 Å². The molecule has 68 valence electrons. The number of hydrogen-bond acceptors (Lipinski definition) is 3. The molecule has 0 spiro atoms. The van der Waals surface area contributed by atoms with Gasteiger partial charge < -0.3 is 10.1 Å². The van der Waals surface area contributed by atoms with E-state index in [-0.39, 0.29) is 6.61 Å². The van der Waals surface area contributed by atoms with Gasteiger partial charge in [0.1, 0.15) is 5.82 Å². The summed E-state index contributed by atoms with van der Waals surface area (Å²) in [4.78, 5) is 8.07. The van der Waals surface area contributed by atoms with Gasteiger partial charge in [0.2, 0.25) is 0 Å². The molecule has 0 saturated carbocycles. The van der Waals surface area contributed by atoms with Crippen molar-refractivity contribution in [1.29, 1.82) is 0 Å². The van der Waals surface area contributed by atoms with Crippen LogP contribution in [0.2, 0.25) is 5.02 Å². The zero-order chi connectivity index (χ0) is 9.26. The second kappa shape index (κ2) is 3.49. The lowest BCUT2D eigenvalue weighted by Gasteiger charge is -1.88. The van der Waals surface area contributed by atoms with Gasteiger partial charge in [0.25, 0.3) is 0 Å². The first kappa shape index (κ1) is 8.74. The average Bonchev–Trinajstić information content (AvgIpc) is 2.71. The number of nitrogens with zero attached hydrogens (tertiary/aromatic N) is 1. The quantitative estimate of drug-likeness (QED) is 0.806. The number of halogens is 1. The zero-order valence-electron chi connectivity index (χ0n) is 6.62. The van der Waals surface area contributed by atoms with Gasteiger partial charge in [-0.05, 0) is 6.07 Å². The highest BCUT2D eigenvalue weighted by Crippen LogP contribution is 2.27. The Bertz CT molecular complexity index is 410. The standard InChI is InChI=1S/C8H7ClN2OS/c9-5-1-7(13-4-5)8-10-2-6(3-12)11-8/h1-2,4,12H,3H2,(H,10,11). The van der Waals surface area contributed by atoms with E-state index in [1.807, 2.05) is 11.4 Å². The van der Waals surface area contributed by atoms with Crippen LogP contribution in [0.4, 0.5) is 0 Å². The predicted molar refractivity (Wildman–Crippen MR) is 52.8 cm³/mol. The van der Waals surface area contributed by atoms with Crippen LogP contribution in [0.25, 0.3) is 10.7 Å². The maximum atomic E-state index is 8.81. The van der Waals surface area contributed by atoms with Crippen LogP contribution >= 0.6 is 22.9 Å². The van der Waals surface area contributed by atoms with Gasteiger partial charge in [-0.2, -0.15) is 0 Å². The molecule has 2 aromatic rings. The monoisotopic (exact) mass is 214 g/mol. The van der Waals surface area contributed by atoms with Crippen molar-refractivity contribution in [3.8, 4) is 10.7 Å². The largest absolute Gasteiger partial charge is 0.390 e. The van der Waals surface area contributed by atoms with Gasteiger partial charge in [-0.15, -0.1) is 11.3 Å². The number of hydrogen-bond donors (Lipinski definition) is 2. The molecule has 2 rings (SSSR count). The van der Waals surface area contributed by atoms with Crippen molar-refractivity contribution in [3.05, 3.63) is 28.4 Å². The molecule has 0 atom stereocenters. The van der Waals surface area contributed by atoms with E-state index in [1.165, 1.54) is 11.3 Å². The van der Waals surface area contributed by atoms with Crippen LogP contribution in [0.5, 0.6) is 0 Å². The lowest BCUT2D eigenvalue weighted by atomic mass is 10.4. The molecule has 2 heterocycles. The number of aliphatic hydroxyl groups excluding tert-OH is 1. The van der Waals surface area contributed by atoms with Gasteiger partial charge in [0.15, 0.2) is 0 Å². The van der Waals surface area contributed by atoms with Crippen molar-refractivity contribution in [2.45, 2.75) is 6.61 Å². The molecule has 0 aromatic carbocycles. The number of aromatic amines is 1. The van der Waals surface area contributed by atoms with Crippen LogP contribution in [-0.4, -0.2) is 15.1 Å². The second-order valence-corrected chi connectivity index (χ2v) is 3.89. The maximum Gasteiger partial charge on any atom is 0.147 e. The number of nitrogens with one attached hydrogen (secondary N) is 1. The Labute approximate surface area is 84.0 Å². The Morgan fingerprint density at radius 2 is 2.46 bits per heavy atom. The number of aliphatic hydroxyl groups is 1. The Morgan fingerprint density at radius 3 is 3.00 bits per heavy atom. The van der Waals surface area contributed by atoms with Gasteiger partial charge in [-0.1, -0.05) is 11.6 Å². The Kier molecular flexibility index (Phi) is 2.35. The Hall–Kier alpha value is -0.840. The number of aromatic nitrogens is 2. The summed E-state index contributed by atoms with van der Waals surface area (Å²) < 4.78 is 0. The normalized spacial score (nSPS) is 10.6. The number of imidazole rings is 1. The highest BCUT2D eigenvalue weighted by molar-refractivity contribution is 7.14. The molecule has 2 aromatic heterocycles. The first-order valence-corrected chi connectivity index (χ1v) is 4.94. The zero-order valence-corrected chi connectivity index (χ0v) is 8.19. The summed E-state index contributed by atoms with van der Waals surface area (Å²) in [7, 11) is 0. The van der Waals surface area contributed by atoms with Crippen molar-refractivity contribution >= 4 is 22.9 Å². The first-order valence-electron chi connectivity index (χ1n) is 3.69. The molecule has 0 aliphatic rings. The fourth-order valence-corrected chi connectivity index (χ4v) is 2.03. The van der Waals surface area contributed by atoms with E-state index < -0.39 is 0 Å². The molecule has 0 unspecified atom stereocenters. The predicted octanol–water partition coefficient (Wildman–Crippen LogP) is 2.28. The van der Waals surface area contributed by atoms with Gasteiger partial charge in [0, 0.05) is 5.38 Å². The summed E-state index contributed by atoms with van der Waals surface area (Å²) in [6.45, 7) is -0.0217. The summed E-state index contributed by atoms with van der Waals surface area (Å²) in [5, 5.41) is 11.4. The van der Waals surface area contributed by atoms with Crippen molar-refractivity contribution < 1.29 is 5.11 Å². The van der Waals surface area contributed by atoms with Gasteiger partial charge in [0.05, 0.1) is 28.4 Å². The van der Waals surface area contributed by atoms with Crippen LogP contribution in [0.1, 0.15) is 5.69 Å². The summed E-state index contributed by atoms with van der Waals surface area (Å²) in [6, 6.07) is 1.84. The van der Waals surface area contributed by atoms with Crippen molar-refractivity contribution in [2.24, 2.45) is 0 Å². The fourth-order valence-electron chi connectivity index (χ4n) is 1.00. The third kappa shape index (κ3) is 1.75. The molecule has 2 N–H and O–H groups in total. The van der Waals surface area contributed by atoms with Gasteiger partial charge in [-0.3, -0.25) is 0 Å². The maximum absolute atomic E-state index is 8.81. The Balaban J connectivity index is 2.35. The topological polar surface area (TPSA) is 48.9 Å². The van der Waals surface area contributed by atoms with E-state index in [1.54, 1.807) is 6.20 Å². The molecular weight excluding hydrogens is 208 g/mol. The lowest BCUT2D eigenvalue weighted by molar-refractivity contribution is 0.277. The lowest BCUT2D eigenvalue weighted by Crippen LogP contribution is -1.80. The van der Waals surface area contributed by atoms with E-state index >= 15 is 0 Å². The molecule has 0 bridgehead atoms. The molecule has 0 radical (unpaired) electrons. The number of rotatable bonds is 2. The van der Waals surface area contributed by atoms with E-state index in [4.69, 9.17) is 16.7 Å². The third-order valence-corrected chi connectivity index (χ3v) is 2.88. The van der Waals surface area contributed by atoms with Crippen molar-refractivity contribution in [1.82, 2.24) is 9.97 Å². The number of H-pyrrole nitrogens is 1. The van der Waals surface area contributed by atoms with E-state index in [9.17, 15) is 0 Å². The van der Waals surface area contributed by atoms with E-state index in [0.29, 0.717) is 10.7 Å². The first-order chi connectivity index (χ1) is 6.29. The minimum absolute atomic E-state index is 0.0217. The highest BCUT2D eigenvalue weighted by Gasteiger charge is 2.05. The van der Waals surface area contributed by atoms with Gasteiger partial charge >= 0.3 is 0 Å². The number of thiophene rings is 1. The molecule has 13 heavy (non-hydrogen) atoms. The molecule has 0 aliphatic heterocycles. The van der Waals surface area contributed by atoms with Crippen molar-refractivity contribution in [2.75, 3.05) is 0 Å². The molecule has 0 amide bonds. The molecule has 3 nitrogen and oxygen atoms in total. The smallest absolute Gasteiger partial charge is 0.147 e. The molecule has 5 heteroatoms. The molecule has 0 aliphatic carbocycles. The summed E-state index contributed by atoms with van der Waals surface area (Å²) in [5.41, 5.74) is 0.708. The average molecular weight is 215 g/mol. The summed E-state index contributed by atoms with van der Waals surface area (Å²) >= 11 is 7.29. The minimum atomic E-state index is -0.0217.